The van der Waals surface area contributed by atoms with Crippen LogP contribution in [0.25, 0.3) is 0 Å². The van der Waals surface area contributed by atoms with Crippen molar-refractivity contribution in [2.24, 2.45) is 5.92 Å². The molecule has 0 unspecified atom stereocenters. The molecule has 1 heterocycles. The number of nitrogens with zero attached hydrogens (tertiary/aromatic N) is 2. The summed E-state index contributed by atoms with van der Waals surface area (Å²) >= 11 is 6.10. The lowest BCUT2D eigenvalue weighted by Gasteiger charge is -2.19. The molecule has 1 atom stereocenters. The first kappa shape index (κ1) is 20.5. The molecule has 1 saturated heterocycles. The monoisotopic (exact) mass is 416 g/mol. The van der Waals surface area contributed by atoms with Gasteiger partial charge in [-0.05, 0) is 24.6 Å². The number of halogens is 1. The summed E-state index contributed by atoms with van der Waals surface area (Å²) in [6.45, 7) is 1.36. The molecule has 9 heteroatoms. The Morgan fingerprint density at radius 1 is 1.28 bits per heavy atom. The van der Waals surface area contributed by atoms with Crippen LogP contribution < -0.4 is 4.90 Å². The Kier molecular flexibility index (Phi) is 5.93. The zero-order chi connectivity index (χ0) is 21.1. The number of anilines is 1. The van der Waals surface area contributed by atoms with Gasteiger partial charge in [-0.1, -0.05) is 29.8 Å². The van der Waals surface area contributed by atoms with Crippen molar-refractivity contribution < 1.29 is 24.0 Å². The molecule has 8 nitrogen and oxygen atoms in total. The minimum atomic E-state index is -0.709. The van der Waals surface area contributed by atoms with Crippen LogP contribution in [0.2, 0.25) is 5.02 Å². The first-order valence-electron chi connectivity index (χ1n) is 8.77. The molecule has 0 N–H and O–H groups in total. The molecule has 1 aliphatic heterocycles. The van der Waals surface area contributed by atoms with Crippen molar-refractivity contribution in [2.75, 3.05) is 18.1 Å². The van der Waals surface area contributed by atoms with Gasteiger partial charge >= 0.3 is 5.97 Å². The van der Waals surface area contributed by atoms with E-state index in [1.807, 2.05) is 0 Å². The third-order valence-electron chi connectivity index (χ3n) is 4.71. The molecule has 0 aliphatic carbocycles. The number of hydrogen-bond acceptors (Lipinski definition) is 6. The van der Waals surface area contributed by atoms with E-state index < -0.39 is 29.2 Å². The van der Waals surface area contributed by atoms with Crippen LogP contribution in [-0.4, -0.2) is 35.7 Å². The molecule has 0 radical (unpaired) electrons. The fourth-order valence-corrected chi connectivity index (χ4v) is 3.29. The molecule has 0 bridgehead atoms. The first-order valence-corrected chi connectivity index (χ1v) is 9.15. The van der Waals surface area contributed by atoms with Gasteiger partial charge in [0.25, 0.3) is 5.69 Å². The summed E-state index contributed by atoms with van der Waals surface area (Å²) in [5, 5.41) is 11.3. The third kappa shape index (κ3) is 4.43. The number of rotatable bonds is 6. The van der Waals surface area contributed by atoms with Gasteiger partial charge in [0.05, 0.1) is 10.8 Å². The summed E-state index contributed by atoms with van der Waals surface area (Å²) in [7, 11) is 0. The molecule has 0 aromatic heterocycles. The fourth-order valence-electron chi connectivity index (χ4n) is 3.12. The molecular weight excluding hydrogens is 400 g/mol. The van der Waals surface area contributed by atoms with Gasteiger partial charge < -0.3 is 9.64 Å². The van der Waals surface area contributed by atoms with Gasteiger partial charge in [-0.15, -0.1) is 0 Å². The lowest BCUT2D eigenvalue weighted by atomic mass is 10.1. The lowest BCUT2D eigenvalue weighted by Crippen LogP contribution is -2.27. The van der Waals surface area contributed by atoms with E-state index in [0.717, 1.165) is 11.6 Å². The Bertz CT molecular complexity index is 1010. The van der Waals surface area contributed by atoms with Crippen LogP contribution in [0.1, 0.15) is 22.3 Å². The SMILES string of the molecule is Cc1c(Cl)cccc1N1C[C@@H](C(=O)OCC(=O)c2cccc([N+](=O)[O-])c2)CC1=O. The first-order chi connectivity index (χ1) is 13.8. The Balaban J connectivity index is 1.62. The van der Waals surface area contributed by atoms with Gasteiger partial charge in [-0.2, -0.15) is 0 Å². The van der Waals surface area contributed by atoms with E-state index in [2.05, 4.69) is 0 Å². The minimum Gasteiger partial charge on any atom is -0.457 e. The second-order valence-electron chi connectivity index (χ2n) is 6.63. The molecule has 0 saturated carbocycles. The third-order valence-corrected chi connectivity index (χ3v) is 5.12. The zero-order valence-electron chi connectivity index (χ0n) is 15.5. The maximum Gasteiger partial charge on any atom is 0.311 e. The van der Waals surface area contributed by atoms with Crippen molar-refractivity contribution in [3.05, 3.63) is 68.7 Å². The molecule has 2 aromatic carbocycles. The number of amides is 1. The molecule has 2 aromatic rings. The Labute approximate surface area is 171 Å². The van der Waals surface area contributed by atoms with Gasteiger partial charge in [0.15, 0.2) is 6.61 Å². The van der Waals surface area contributed by atoms with Crippen molar-refractivity contribution >= 4 is 40.6 Å². The highest BCUT2D eigenvalue weighted by atomic mass is 35.5. The average Bonchev–Trinajstić information content (AvgIpc) is 3.09. The standard InChI is InChI=1S/C20H17ClN2O6/c1-12-16(21)6-3-7-17(12)22-10-14(9-19(22)25)20(26)29-11-18(24)13-4-2-5-15(8-13)23(27)28/h2-8,14H,9-11H2,1H3/t14-/m0/s1. The molecule has 150 valence electrons. The van der Waals surface area contributed by atoms with Crippen LogP contribution in [-0.2, 0) is 14.3 Å². The smallest absolute Gasteiger partial charge is 0.311 e. The van der Waals surface area contributed by atoms with Crippen LogP contribution >= 0.6 is 11.6 Å². The predicted molar refractivity (Wildman–Crippen MR) is 105 cm³/mol. The van der Waals surface area contributed by atoms with E-state index >= 15 is 0 Å². The summed E-state index contributed by atoms with van der Waals surface area (Å²) < 4.78 is 5.07. The van der Waals surface area contributed by atoms with E-state index in [0.29, 0.717) is 10.7 Å². The van der Waals surface area contributed by atoms with Crippen molar-refractivity contribution in [3.8, 4) is 0 Å². The van der Waals surface area contributed by atoms with Crippen molar-refractivity contribution in [1.82, 2.24) is 0 Å². The summed E-state index contributed by atoms with van der Waals surface area (Å²) in [5.41, 5.74) is 1.21. The average molecular weight is 417 g/mol. The highest BCUT2D eigenvalue weighted by Crippen LogP contribution is 2.31. The van der Waals surface area contributed by atoms with E-state index in [1.165, 1.54) is 23.1 Å². The quantitative estimate of drug-likeness (QED) is 0.309. The van der Waals surface area contributed by atoms with Gasteiger partial charge in [0, 0.05) is 41.4 Å². The zero-order valence-corrected chi connectivity index (χ0v) is 16.2. The van der Waals surface area contributed by atoms with Crippen molar-refractivity contribution in [2.45, 2.75) is 13.3 Å². The second kappa shape index (κ2) is 8.40. The van der Waals surface area contributed by atoms with Crippen molar-refractivity contribution in [1.29, 1.82) is 0 Å². The van der Waals surface area contributed by atoms with Gasteiger partial charge in [-0.3, -0.25) is 24.5 Å². The van der Waals surface area contributed by atoms with Crippen molar-refractivity contribution in [3.63, 3.8) is 0 Å². The molecule has 1 amide bonds. The molecular formula is C20H17ClN2O6. The maximum atomic E-state index is 12.4. The van der Waals surface area contributed by atoms with Crippen LogP contribution in [0.5, 0.6) is 0 Å². The van der Waals surface area contributed by atoms with E-state index in [9.17, 15) is 24.5 Å². The lowest BCUT2D eigenvalue weighted by molar-refractivity contribution is -0.384. The summed E-state index contributed by atoms with van der Waals surface area (Å²) in [4.78, 5) is 48.6. The molecule has 1 aliphatic rings. The predicted octanol–water partition coefficient (Wildman–Crippen LogP) is 3.34. The fraction of sp³-hybridized carbons (Fsp3) is 0.250. The minimum absolute atomic E-state index is 0.0320. The summed E-state index contributed by atoms with van der Waals surface area (Å²) in [5.74, 6) is -2.17. The number of esters is 1. The summed E-state index contributed by atoms with van der Waals surface area (Å²) in [6.07, 6.45) is -0.0320. The number of benzene rings is 2. The molecule has 1 fully saturated rings. The number of Topliss-reactive ketones (excluding diaryl/α,β-unsaturated/α-hetero) is 1. The normalized spacial score (nSPS) is 16.0. The van der Waals surface area contributed by atoms with E-state index in [1.54, 1.807) is 25.1 Å². The Morgan fingerprint density at radius 3 is 2.72 bits per heavy atom. The van der Waals surface area contributed by atoms with Crippen LogP contribution in [0, 0.1) is 23.0 Å². The number of ketones is 1. The number of ether oxygens (including phenoxy) is 1. The Hall–Kier alpha value is -3.26. The van der Waals surface area contributed by atoms with Crippen LogP contribution in [0.4, 0.5) is 11.4 Å². The number of carbonyl (C=O) groups excluding carboxylic acids is 3. The molecule has 29 heavy (non-hydrogen) atoms. The van der Waals surface area contributed by atoms with Gasteiger partial charge in [-0.25, -0.2) is 0 Å². The number of nitro benzene ring substituents is 1. The highest BCUT2D eigenvalue weighted by molar-refractivity contribution is 6.31. The molecule has 0 spiro atoms. The summed E-state index contributed by atoms with van der Waals surface area (Å²) in [6, 6.07) is 10.4. The topological polar surface area (TPSA) is 107 Å². The van der Waals surface area contributed by atoms with Crippen LogP contribution in [0.15, 0.2) is 42.5 Å². The van der Waals surface area contributed by atoms with E-state index in [-0.39, 0.29) is 30.1 Å². The van der Waals surface area contributed by atoms with Gasteiger partial charge in [0.2, 0.25) is 11.7 Å². The number of nitro groups is 1. The molecule has 3 rings (SSSR count). The second-order valence-corrected chi connectivity index (χ2v) is 7.03. The largest absolute Gasteiger partial charge is 0.457 e. The number of carbonyl (C=O) groups is 3. The van der Waals surface area contributed by atoms with Gasteiger partial charge in [0.1, 0.15) is 0 Å². The van der Waals surface area contributed by atoms with E-state index in [4.69, 9.17) is 16.3 Å². The number of hydrogen-bond donors (Lipinski definition) is 0. The Morgan fingerprint density at radius 2 is 2.00 bits per heavy atom. The maximum absolute atomic E-state index is 12.4. The van der Waals surface area contributed by atoms with Crippen LogP contribution in [0.3, 0.4) is 0 Å². The number of non-ortho nitro benzene ring substituents is 1. The highest BCUT2D eigenvalue weighted by Gasteiger charge is 2.37.